The molecule has 3 rings (SSSR count). The van der Waals surface area contributed by atoms with Crippen LogP contribution in [0.25, 0.3) is 0 Å². The van der Waals surface area contributed by atoms with E-state index in [1.165, 1.54) is 12.8 Å². The van der Waals surface area contributed by atoms with Gasteiger partial charge in [-0.05, 0) is 51.4 Å². The normalized spacial score (nSPS) is 16.2. The van der Waals surface area contributed by atoms with Crippen molar-refractivity contribution in [3.8, 4) is 0 Å². The van der Waals surface area contributed by atoms with Crippen LogP contribution in [0.15, 0.2) is 28.9 Å². The van der Waals surface area contributed by atoms with E-state index in [9.17, 15) is 4.79 Å². The molecule has 0 saturated carbocycles. The average Bonchev–Trinajstić information content (AvgIpc) is 3.35. The molecule has 2 aromatic heterocycles. The summed E-state index contributed by atoms with van der Waals surface area (Å²) in [5.41, 5.74) is 1.15. The molecule has 0 spiro atoms. The van der Waals surface area contributed by atoms with Crippen molar-refractivity contribution in [2.24, 2.45) is 0 Å². The van der Waals surface area contributed by atoms with Crippen LogP contribution in [0.3, 0.4) is 0 Å². The van der Waals surface area contributed by atoms with Crippen LogP contribution in [0, 0.1) is 0 Å². The summed E-state index contributed by atoms with van der Waals surface area (Å²) in [7, 11) is 0. The number of nitrogens with zero attached hydrogens (tertiary/aromatic N) is 3. The molecule has 1 aliphatic rings. The smallest absolute Gasteiger partial charge is 0.287 e. The Kier molecular flexibility index (Phi) is 5.91. The van der Waals surface area contributed by atoms with Gasteiger partial charge in [0.2, 0.25) is 0 Å². The molecule has 1 fully saturated rings. The topological polar surface area (TPSA) is 63.3 Å². The second kappa shape index (κ2) is 8.34. The average molecular weight is 344 g/mol. The molecule has 0 unspecified atom stereocenters. The van der Waals surface area contributed by atoms with Gasteiger partial charge in [0, 0.05) is 43.5 Å². The van der Waals surface area contributed by atoms with Crippen molar-refractivity contribution < 1.29 is 9.21 Å². The van der Waals surface area contributed by atoms with Gasteiger partial charge in [-0.1, -0.05) is 6.92 Å². The van der Waals surface area contributed by atoms with Crippen LogP contribution in [0.4, 0.5) is 0 Å². The Labute approximate surface area is 149 Å². The van der Waals surface area contributed by atoms with Crippen molar-refractivity contribution in [1.82, 2.24) is 20.0 Å². The van der Waals surface area contributed by atoms with E-state index in [1.54, 1.807) is 6.20 Å². The van der Waals surface area contributed by atoms with Crippen LogP contribution in [0.2, 0.25) is 0 Å². The third kappa shape index (κ3) is 4.72. The molecule has 1 aliphatic heterocycles. The van der Waals surface area contributed by atoms with Gasteiger partial charge in [0.1, 0.15) is 5.76 Å². The minimum Gasteiger partial charge on any atom is -0.456 e. The van der Waals surface area contributed by atoms with E-state index >= 15 is 0 Å². The summed E-state index contributed by atoms with van der Waals surface area (Å²) in [6.45, 7) is 8.03. The van der Waals surface area contributed by atoms with E-state index < -0.39 is 0 Å². The van der Waals surface area contributed by atoms with Gasteiger partial charge < -0.3 is 9.73 Å². The molecule has 136 valence electrons. The summed E-state index contributed by atoms with van der Waals surface area (Å²) in [4.78, 5) is 14.9. The van der Waals surface area contributed by atoms with Crippen LogP contribution in [0.1, 0.15) is 55.0 Å². The largest absolute Gasteiger partial charge is 0.456 e. The lowest BCUT2D eigenvalue weighted by Gasteiger charge is -2.13. The number of hydrogen-bond acceptors (Lipinski definition) is 4. The number of aryl methyl sites for hydroxylation is 2. The van der Waals surface area contributed by atoms with Gasteiger partial charge in [-0.3, -0.25) is 14.4 Å². The van der Waals surface area contributed by atoms with E-state index in [0.29, 0.717) is 5.76 Å². The Morgan fingerprint density at radius 3 is 2.88 bits per heavy atom. The van der Waals surface area contributed by atoms with Crippen molar-refractivity contribution in [2.45, 2.75) is 58.7 Å². The molecule has 1 atom stereocenters. The van der Waals surface area contributed by atoms with Crippen LogP contribution >= 0.6 is 0 Å². The molecule has 0 radical (unpaired) electrons. The number of aromatic nitrogens is 2. The maximum atomic E-state index is 12.5. The predicted octanol–water partition coefficient (Wildman–Crippen LogP) is 2.84. The summed E-state index contributed by atoms with van der Waals surface area (Å²) in [6, 6.07) is 3.89. The van der Waals surface area contributed by atoms with E-state index in [0.717, 1.165) is 50.3 Å². The van der Waals surface area contributed by atoms with E-state index in [4.69, 9.17) is 4.42 Å². The Morgan fingerprint density at radius 1 is 1.40 bits per heavy atom. The lowest BCUT2D eigenvalue weighted by Crippen LogP contribution is -2.33. The fourth-order valence-corrected chi connectivity index (χ4v) is 3.32. The van der Waals surface area contributed by atoms with Crippen LogP contribution in [-0.4, -0.2) is 39.7 Å². The SMILES string of the molecule is CCc1oc(C(=O)N[C@H](C)CCn2cccn2)cc1CN1CCCC1. The lowest BCUT2D eigenvalue weighted by molar-refractivity contribution is 0.0907. The zero-order valence-electron chi connectivity index (χ0n) is 15.2. The number of furan rings is 1. The number of likely N-dealkylation sites (tertiary alicyclic amines) is 1. The fourth-order valence-electron chi connectivity index (χ4n) is 3.32. The van der Waals surface area contributed by atoms with Gasteiger partial charge >= 0.3 is 0 Å². The van der Waals surface area contributed by atoms with Gasteiger partial charge in [0.05, 0.1) is 0 Å². The molecule has 0 bridgehead atoms. The summed E-state index contributed by atoms with van der Waals surface area (Å²) in [6.07, 6.45) is 7.86. The van der Waals surface area contributed by atoms with Gasteiger partial charge in [-0.25, -0.2) is 0 Å². The van der Waals surface area contributed by atoms with Crippen molar-refractivity contribution in [1.29, 1.82) is 0 Å². The number of amides is 1. The molecular weight excluding hydrogens is 316 g/mol. The monoisotopic (exact) mass is 344 g/mol. The molecule has 6 nitrogen and oxygen atoms in total. The first-order valence-corrected chi connectivity index (χ1v) is 9.28. The Bertz CT molecular complexity index is 672. The van der Waals surface area contributed by atoms with Gasteiger partial charge in [0.25, 0.3) is 5.91 Å². The molecular formula is C19H28N4O2. The quantitative estimate of drug-likeness (QED) is 0.800. The Balaban J connectivity index is 1.56. The highest BCUT2D eigenvalue weighted by Gasteiger charge is 2.20. The second-order valence-corrected chi connectivity index (χ2v) is 6.83. The Morgan fingerprint density at radius 2 is 2.20 bits per heavy atom. The van der Waals surface area contributed by atoms with Crippen LogP contribution in [0.5, 0.6) is 0 Å². The van der Waals surface area contributed by atoms with Crippen molar-refractivity contribution in [3.05, 3.63) is 41.6 Å². The van der Waals surface area contributed by atoms with Gasteiger partial charge in [0.15, 0.2) is 5.76 Å². The fraction of sp³-hybridized carbons (Fsp3) is 0.579. The van der Waals surface area contributed by atoms with Crippen molar-refractivity contribution >= 4 is 5.91 Å². The molecule has 1 amide bonds. The number of carbonyl (C=O) groups is 1. The number of rotatable bonds is 8. The zero-order chi connectivity index (χ0) is 17.6. The van der Waals surface area contributed by atoms with E-state index in [2.05, 4.69) is 22.2 Å². The maximum absolute atomic E-state index is 12.5. The second-order valence-electron chi connectivity index (χ2n) is 6.83. The predicted molar refractivity (Wildman–Crippen MR) is 96.4 cm³/mol. The molecule has 6 heteroatoms. The first-order valence-electron chi connectivity index (χ1n) is 9.28. The lowest BCUT2D eigenvalue weighted by atomic mass is 10.2. The zero-order valence-corrected chi connectivity index (χ0v) is 15.2. The first-order chi connectivity index (χ1) is 12.2. The molecule has 0 aliphatic carbocycles. The third-order valence-corrected chi connectivity index (χ3v) is 4.76. The standard InChI is InChI=1S/C19H28N4O2/c1-3-17-16(14-22-9-4-5-10-22)13-18(25-17)19(24)21-15(2)7-12-23-11-6-8-20-23/h6,8,11,13,15H,3-5,7,9-10,12,14H2,1-2H3,(H,21,24)/t15-/m1/s1. The molecule has 1 N–H and O–H groups in total. The molecule has 3 heterocycles. The third-order valence-electron chi connectivity index (χ3n) is 4.76. The number of carbonyl (C=O) groups excluding carboxylic acids is 1. The molecule has 2 aromatic rings. The molecule has 1 saturated heterocycles. The van der Waals surface area contributed by atoms with E-state index in [1.807, 2.05) is 29.9 Å². The minimum absolute atomic E-state index is 0.0638. The van der Waals surface area contributed by atoms with Gasteiger partial charge in [-0.15, -0.1) is 0 Å². The summed E-state index contributed by atoms with van der Waals surface area (Å²) >= 11 is 0. The summed E-state index contributed by atoms with van der Waals surface area (Å²) < 4.78 is 7.70. The van der Waals surface area contributed by atoms with Crippen LogP contribution in [-0.2, 0) is 19.5 Å². The minimum atomic E-state index is -0.129. The van der Waals surface area contributed by atoms with Gasteiger partial charge in [-0.2, -0.15) is 5.10 Å². The molecule has 0 aromatic carbocycles. The summed E-state index contributed by atoms with van der Waals surface area (Å²) in [5, 5.41) is 7.21. The Hall–Kier alpha value is -2.08. The highest BCUT2D eigenvalue weighted by molar-refractivity contribution is 5.91. The summed E-state index contributed by atoms with van der Waals surface area (Å²) in [5.74, 6) is 1.23. The van der Waals surface area contributed by atoms with Crippen molar-refractivity contribution in [2.75, 3.05) is 13.1 Å². The van der Waals surface area contributed by atoms with E-state index in [-0.39, 0.29) is 11.9 Å². The van der Waals surface area contributed by atoms with Crippen molar-refractivity contribution in [3.63, 3.8) is 0 Å². The number of nitrogens with one attached hydrogen (secondary N) is 1. The first kappa shape index (κ1) is 17.7. The highest BCUT2D eigenvalue weighted by atomic mass is 16.4. The highest BCUT2D eigenvalue weighted by Crippen LogP contribution is 2.21. The maximum Gasteiger partial charge on any atom is 0.287 e. The number of hydrogen-bond donors (Lipinski definition) is 1. The molecule has 25 heavy (non-hydrogen) atoms. The van der Waals surface area contributed by atoms with Crippen LogP contribution < -0.4 is 5.32 Å².